The lowest BCUT2D eigenvalue weighted by atomic mass is 9.42. The summed E-state index contributed by atoms with van der Waals surface area (Å²) in [6.45, 7) is 4.87. The number of ketones is 1. The van der Waals surface area contributed by atoms with Crippen molar-refractivity contribution in [2.45, 2.75) is 123 Å². The van der Waals surface area contributed by atoms with E-state index in [9.17, 15) is 4.79 Å². The molecule has 0 heterocycles. The van der Waals surface area contributed by atoms with E-state index in [0.717, 1.165) is 41.3 Å². The lowest BCUT2D eigenvalue weighted by Crippen LogP contribution is -2.60. The highest BCUT2D eigenvalue weighted by atomic mass is 16.1. The van der Waals surface area contributed by atoms with Gasteiger partial charge in [0.25, 0.3) is 0 Å². The third kappa shape index (κ3) is 3.76. The molecule has 2 spiro atoms. The van der Waals surface area contributed by atoms with Crippen LogP contribution < -0.4 is 0 Å². The molecule has 5 saturated carbocycles. The number of rotatable bonds is 2. The Balaban J connectivity index is 1.11. The van der Waals surface area contributed by atoms with Crippen LogP contribution in [0.3, 0.4) is 0 Å². The predicted molar refractivity (Wildman–Crippen MR) is 121 cm³/mol. The molecule has 164 valence electrons. The van der Waals surface area contributed by atoms with Gasteiger partial charge in [0.05, 0.1) is 0 Å². The Kier molecular flexibility index (Phi) is 5.66. The van der Waals surface area contributed by atoms with Crippen LogP contribution >= 0.6 is 0 Å². The first kappa shape index (κ1) is 20.6. The van der Waals surface area contributed by atoms with Crippen molar-refractivity contribution < 1.29 is 4.79 Å². The van der Waals surface area contributed by atoms with E-state index < -0.39 is 0 Å². The summed E-state index contributed by atoms with van der Waals surface area (Å²) in [5.41, 5.74) is 0.289. The van der Waals surface area contributed by atoms with Crippen LogP contribution in [0.4, 0.5) is 0 Å². The van der Waals surface area contributed by atoms with Crippen molar-refractivity contribution in [3.63, 3.8) is 0 Å². The van der Waals surface area contributed by atoms with Gasteiger partial charge in [0.15, 0.2) is 0 Å². The van der Waals surface area contributed by atoms with Crippen molar-refractivity contribution in [2.24, 2.45) is 46.3 Å². The average molecular weight is 399 g/mol. The van der Waals surface area contributed by atoms with Crippen LogP contribution in [-0.2, 0) is 4.79 Å². The monoisotopic (exact) mass is 398 g/mol. The highest BCUT2D eigenvalue weighted by molar-refractivity contribution is 5.96. The Morgan fingerprint density at radius 3 is 1.14 bits per heavy atom. The van der Waals surface area contributed by atoms with Crippen molar-refractivity contribution in [1.82, 2.24) is 0 Å². The summed E-state index contributed by atoms with van der Waals surface area (Å²) in [5.74, 6) is 6.53. The Hall–Kier alpha value is -0.330. The van der Waals surface area contributed by atoms with Crippen LogP contribution in [0, 0.1) is 46.3 Å². The average Bonchev–Trinajstić information content (AvgIpc) is 2.76. The SMILES string of the molecule is CC1CCC(C2CCC3(CC2)CC2(CCC(C4CCC(C)CC4)CC2)C3=O)CC1. The molecule has 5 fully saturated rings. The van der Waals surface area contributed by atoms with Crippen molar-refractivity contribution in [1.29, 1.82) is 0 Å². The third-order valence-electron chi connectivity index (χ3n) is 11.1. The van der Waals surface area contributed by atoms with Gasteiger partial charge in [0, 0.05) is 10.8 Å². The zero-order valence-electron chi connectivity index (χ0n) is 19.4. The van der Waals surface area contributed by atoms with E-state index in [2.05, 4.69) is 13.8 Å². The Bertz CT molecular complexity index is 523. The molecule has 0 aliphatic heterocycles. The molecule has 29 heavy (non-hydrogen) atoms. The largest absolute Gasteiger partial charge is 0.298 e. The van der Waals surface area contributed by atoms with Gasteiger partial charge in [-0.3, -0.25) is 4.79 Å². The summed E-state index contributed by atoms with van der Waals surface area (Å²) in [5, 5.41) is 0. The molecular formula is C28H46O. The van der Waals surface area contributed by atoms with Gasteiger partial charge in [-0.05, 0) is 119 Å². The highest BCUT2D eigenvalue weighted by Crippen LogP contribution is 2.65. The van der Waals surface area contributed by atoms with Crippen LogP contribution in [0.5, 0.6) is 0 Å². The second-order valence-corrected chi connectivity index (χ2v) is 12.8. The number of hydrogen-bond acceptors (Lipinski definition) is 1. The molecule has 1 nitrogen and oxygen atoms in total. The quantitative estimate of drug-likeness (QED) is 0.461. The Morgan fingerprint density at radius 2 is 0.828 bits per heavy atom. The van der Waals surface area contributed by atoms with Crippen molar-refractivity contribution in [3.05, 3.63) is 0 Å². The molecule has 0 bridgehead atoms. The van der Waals surface area contributed by atoms with Crippen molar-refractivity contribution in [2.75, 3.05) is 0 Å². The van der Waals surface area contributed by atoms with E-state index >= 15 is 0 Å². The van der Waals surface area contributed by atoms with Gasteiger partial charge in [-0.2, -0.15) is 0 Å². The normalized spacial score (nSPS) is 51.2. The maximum Gasteiger partial charge on any atom is 0.145 e. The van der Waals surface area contributed by atoms with E-state index in [1.54, 1.807) is 0 Å². The van der Waals surface area contributed by atoms with Crippen LogP contribution in [-0.4, -0.2) is 5.78 Å². The molecule has 5 aliphatic carbocycles. The van der Waals surface area contributed by atoms with Gasteiger partial charge in [0.2, 0.25) is 0 Å². The molecule has 1 heteroatoms. The topological polar surface area (TPSA) is 17.1 Å². The van der Waals surface area contributed by atoms with Crippen LogP contribution in [0.2, 0.25) is 0 Å². The summed E-state index contributed by atoms with van der Waals surface area (Å²) in [7, 11) is 0. The van der Waals surface area contributed by atoms with Gasteiger partial charge in [-0.1, -0.05) is 39.5 Å². The molecule has 5 rings (SSSR count). The van der Waals surface area contributed by atoms with Crippen LogP contribution in [0.25, 0.3) is 0 Å². The molecule has 0 saturated heterocycles. The molecule has 0 amide bonds. The lowest BCUT2D eigenvalue weighted by molar-refractivity contribution is -0.170. The fourth-order valence-electron chi connectivity index (χ4n) is 8.91. The minimum Gasteiger partial charge on any atom is -0.298 e. The standard InChI is InChI=1S/C28H46O/c1-20-3-7-22(8-4-20)24-11-15-27(16-12-24)19-28(26(27)29)17-13-25(14-18-28)23-9-5-21(2)6-10-23/h20-25H,3-19H2,1-2H3. The molecule has 0 aromatic carbocycles. The molecule has 0 unspecified atom stereocenters. The van der Waals surface area contributed by atoms with Gasteiger partial charge in [-0.15, -0.1) is 0 Å². The maximum absolute atomic E-state index is 13.6. The zero-order chi connectivity index (χ0) is 20.1. The zero-order valence-corrected chi connectivity index (χ0v) is 19.4. The second kappa shape index (κ2) is 7.98. The first-order valence-electron chi connectivity index (χ1n) is 13.5. The number of Topliss-reactive ketones (excluding diaryl/α,β-unsaturated/α-hetero) is 1. The molecule has 0 atom stereocenters. The molecule has 0 aromatic heterocycles. The Labute approximate surface area is 180 Å². The van der Waals surface area contributed by atoms with Gasteiger partial charge >= 0.3 is 0 Å². The summed E-state index contributed by atoms with van der Waals surface area (Å²) < 4.78 is 0. The smallest absolute Gasteiger partial charge is 0.145 e. The number of carbonyl (C=O) groups is 1. The minimum atomic E-state index is 0.144. The first-order valence-corrected chi connectivity index (χ1v) is 13.5. The summed E-state index contributed by atoms with van der Waals surface area (Å²) in [6.07, 6.45) is 23.4. The summed E-state index contributed by atoms with van der Waals surface area (Å²) in [4.78, 5) is 13.6. The van der Waals surface area contributed by atoms with Crippen LogP contribution in [0.15, 0.2) is 0 Å². The molecule has 0 N–H and O–H groups in total. The van der Waals surface area contributed by atoms with E-state index in [-0.39, 0.29) is 10.8 Å². The number of hydrogen-bond donors (Lipinski definition) is 0. The van der Waals surface area contributed by atoms with Crippen LogP contribution in [0.1, 0.15) is 123 Å². The highest BCUT2D eigenvalue weighted by Gasteiger charge is 2.63. The first-order chi connectivity index (χ1) is 14.0. The Morgan fingerprint density at radius 1 is 0.517 bits per heavy atom. The predicted octanol–water partition coefficient (Wildman–Crippen LogP) is 7.97. The number of carbonyl (C=O) groups excluding carboxylic acids is 1. The van der Waals surface area contributed by atoms with Crippen molar-refractivity contribution in [3.8, 4) is 0 Å². The van der Waals surface area contributed by atoms with E-state index in [1.165, 1.54) is 109 Å². The summed E-state index contributed by atoms with van der Waals surface area (Å²) >= 11 is 0. The minimum absolute atomic E-state index is 0.144. The molecule has 0 radical (unpaired) electrons. The molecular weight excluding hydrogens is 352 g/mol. The molecule has 5 aliphatic rings. The van der Waals surface area contributed by atoms with E-state index in [4.69, 9.17) is 0 Å². The summed E-state index contributed by atoms with van der Waals surface area (Å²) in [6, 6.07) is 0. The lowest BCUT2D eigenvalue weighted by Gasteiger charge is -2.60. The van der Waals surface area contributed by atoms with Gasteiger partial charge < -0.3 is 0 Å². The fourth-order valence-corrected chi connectivity index (χ4v) is 8.91. The van der Waals surface area contributed by atoms with Gasteiger partial charge in [-0.25, -0.2) is 0 Å². The van der Waals surface area contributed by atoms with Crippen molar-refractivity contribution >= 4 is 5.78 Å². The maximum atomic E-state index is 13.6. The fraction of sp³-hybridized carbons (Fsp3) is 0.964. The molecule has 0 aromatic rings. The van der Waals surface area contributed by atoms with E-state index in [1.807, 2.05) is 0 Å². The van der Waals surface area contributed by atoms with E-state index in [0.29, 0.717) is 0 Å². The van der Waals surface area contributed by atoms with Gasteiger partial charge in [0.1, 0.15) is 5.78 Å². The second-order valence-electron chi connectivity index (χ2n) is 12.8. The third-order valence-corrected chi connectivity index (χ3v) is 11.1.